The van der Waals surface area contributed by atoms with E-state index in [1.807, 2.05) is 0 Å². The molecule has 0 atom stereocenters. The van der Waals surface area contributed by atoms with E-state index in [-0.39, 0.29) is 0 Å². The number of rotatable bonds is 7. The Balaban J connectivity index is 2.16. The maximum atomic E-state index is 6.29. The lowest BCUT2D eigenvalue weighted by atomic mass is 10.0. The molecule has 0 unspecified atom stereocenters. The number of fused-ring (bicyclic) bond motifs is 1. The number of hydrogen-bond donors (Lipinski definition) is 0. The molecule has 3 rings (SSSR count). The van der Waals surface area contributed by atoms with Gasteiger partial charge in [0, 0.05) is 24.0 Å². The van der Waals surface area contributed by atoms with E-state index >= 15 is 0 Å². The third kappa shape index (κ3) is 4.61. The van der Waals surface area contributed by atoms with Crippen LogP contribution in [-0.2, 0) is 6.42 Å². The van der Waals surface area contributed by atoms with Crippen LogP contribution in [0.25, 0.3) is 21.3 Å². The number of anilines is 1. The Morgan fingerprint density at radius 1 is 1.00 bits per heavy atom. The Labute approximate surface area is 171 Å². The number of benzene rings is 1. The van der Waals surface area contributed by atoms with Crippen molar-refractivity contribution < 1.29 is 0 Å². The summed E-state index contributed by atoms with van der Waals surface area (Å²) in [6.45, 7) is 13.0. The molecule has 0 N–H and O–H groups in total. The summed E-state index contributed by atoms with van der Waals surface area (Å²) in [5, 5.41) is 3.63. The lowest BCUT2D eigenvalue weighted by molar-refractivity contribution is 0.550. The topological polar surface area (TPSA) is 29.0 Å². The average Bonchev–Trinajstić information content (AvgIpc) is 3.03. The Hall–Kier alpha value is -1.65. The van der Waals surface area contributed by atoms with Crippen molar-refractivity contribution >= 4 is 39.0 Å². The fourth-order valence-electron chi connectivity index (χ4n) is 3.39. The first-order valence-corrected chi connectivity index (χ1v) is 10.9. The maximum absolute atomic E-state index is 6.29. The molecule has 0 fully saturated rings. The number of nitrogens with zero attached hydrogens (tertiary/aromatic N) is 3. The first-order chi connectivity index (χ1) is 12.9. The minimum atomic E-state index is 0.324. The predicted molar refractivity (Wildman–Crippen MR) is 119 cm³/mol. The zero-order valence-corrected chi connectivity index (χ0v) is 18.4. The summed E-state index contributed by atoms with van der Waals surface area (Å²) in [7, 11) is 0. The Kier molecular flexibility index (Phi) is 6.38. The minimum Gasteiger partial charge on any atom is -0.355 e. The van der Waals surface area contributed by atoms with E-state index in [9.17, 15) is 0 Å². The molecule has 3 aromatic rings. The van der Waals surface area contributed by atoms with Gasteiger partial charge < -0.3 is 4.90 Å². The fourth-order valence-corrected chi connectivity index (χ4v) is 4.54. The summed E-state index contributed by atoms with van der Waals surface area (Å²) in [6.07, 6.45) is 1.05. The standard InChI is InChI=1S/C22H28ClN3S/c1-6-16-7-9-17(10-8-16)18-13-27-21-19(18)20(24-22(23)25-21)26(11-14(2)3)12-15(4)5/h7-10,13-15H,6,11-12H2,1-5H3. The lowest BCUT2D eigenvalue weighted by Crippen LogP contribution is -2.32. The van der Waals surface area contributed by atoms with Crippen LogP contribution in [0.1, 0.15) is 40.2 Å². The SMILES string of the molecule is CCc1ccc(-c2csc3nc(Cl)nc(N(CC(C)C)CC(C)C)c23)cc1. The van der Waals surface area contributed by atoms with Crippen LogP contribution in [0.4, 0.5) is 5.82 Å². The molecule has 2 heterocycles. The quantitative estimate of drug-likeness (QED) is 0.413. The van der Waals surface area contributed by atoms with Gasteiger partial charge in [-0.25, -0.2) is 4.98 Å². The van der Waals surface area contributed by atoms with Crippen LogP contribution in [0.3, 0.4) is 0 Å². The summed E-state index contributed by atoms with van der Waals surface area (Å²) in [4.78, 5) is 12.5. The van der Waals surface area contributed by atoms with E-state index in [0.717, 1.165) is 35.5 Å². The second-order valence-electron chi connectivity index (χ2n) is 7.89. The monoisotopic (exact) mass is 401 g/mol. The van der Waals surface area contributed by atoms with Gasteiger partial charge in [0.1, 0.15) is 10.6 Å². The molecular weight excluding hydrogens is 374 g/mol. The largest absolute Gasteiger partial charge is 0.355 e. The lowest BCUT2D eigenvalue weighted by Gasteiger charge is -2.28. The highest BCUT2D eigenvalue weighted by Crippen LogP contribution is 2.39. The summed E-state index contributed by atoms with van der Waals surface area (Å²) >= 11 is 7.93. The second kappa shape index (κ2) is 8.57. The van der Waals surface area contributed by atoms with Crippen LogP contribution in [0.5, 0.6) is 0 Å². The molecule has 0 spiro atoms. The van der Waals surface area contributed by atoms with Gasteiger partial charge in [-0.05, 0) is 41.0 Å². The number of halogens is 1. The van der Waals surface area contributed by atoms with Gasteiger partial charge in [0.15, 0.2) is 0 Å². The van der Waals surface area contributed by atoms with Crippen LogP contribution in [0.2, 0.25) is 5.28 Å². The summed E-state index contributed by atoms with van der Waals surface area (Å²) < 4.78 is 0. The van der Waals surface area contributed by atoms with Crippen LogP contribution in [0, 0.1) is 11.8 Å². The smallest absolute Gasteiger partial charge is 0.225 e. The highest BCUT2D eigenvalue weighted by molar-refractivity contribution is 7.17. The van der Waals surface area contributed by atoms with Crippen LogP contribution >= 0.6 is 22.9 Å². The van der Waals surface area contributed by atoms with E-state index in [0.29, 0.717) is 17.1 Å². The molecule has 27 heavy (non-hydrogen) atoms. The van der Waals surface area contributed by atoms with Crippen molar-refractivity contribution in [1.29, 1.82) is 0 Å². The van der Waals surface area contributed by atoms with Gasteiger partial charge >= 0.3 is 0 Å². The molecule has 0 saturated carbocycles. The van der Waals surface area contributed by atoms with Crippen molar-refractivity contribution in [3.05, 3.63) is 40.5 Å². The van der Waals surface area contributed by atoms with Crippen molar-refractivity contribution in [3.63, 3.8) is 0 Å². The van der Waals surface area contributed by atoms with Crippen molar-refractivity contribution in [2.75, 3.05) is 18.0 Å². The molecule has 0 aliphatic heterocycles. The van der Waals surface area contributed by atoms with Crippen molar-refractivity contribution in [1.82, 2.24) is 9.97 Å². The predicted octanol–water partition coefficient (Wildman–Crippen LogP) is 6.69. The van der Waals surface area contributed by atoms with E-state index in [1.165, 1.54) is 16.7 Å². The van der Waals surface area contributed by atoms with Gasteiger partial charge in [-0.3, -0.25) is 0 Å². The number of thiophene rings is 1. The van der Waals surface area contributed by atoms with Gasteiger partial charge in [-0.1, -0.05) is 58.9 Å². The zero-order chi connectivity index (χ0) is 19.6. The minimum absolute atomic E-state index is 0.324. The Morgan fingerprint density at radius 3 is 2.19 bits per heavy atom. The first-order valence-electron chi connectivity index (χ1n) is 9.68. The van der Waals surface area contributed by atoms with E-state index < -0.39 is 0 Å². The molecule has 0 bridgehead atoms. The molecule has 144 valence electrons. The molecule has 3 nitrogen and oxygen atoms in total. The average molecular weight is 402 g/mol. The third-order valence-electron chi connectivity index (χ3n) is 4.53. The molecule has 0 aliphatic rings. The summed E-state index contributed by atoms with van der Waals surface area (Å²) in [5.41, 5.74) is 3.75. The van der Waals surface area contributed by atoms with Crippen molar-refractivity contribution in [2.45, 2.75) is 41.0 Å². The molecule has 0 aliphatic carbocycles. The van der Waals surface area contributed by atoms with Gasteiger partial charge in [0.2, 0.25) is 5.28 Å². The van der Waals surface area contributed by atoms with Crippen LogP contribution in [0.15, 0.2) is 29.6 Å². The second-order valence-corrected chi connectivity index (χ2v) is 9.09. The number of hydrogen-bond acceptors (Lipinski definition) is 4. The van der Waals surface area contributed by atoms with Gasteiger partial charge in [0.25, 0.3) is 0 Å². The highest BCUT2D eigenvalue weighted by Gasteiger charge is 2.21. The van der Waals surface area contributed by atoms with E-state index in [4.69, 9.17) is 11.6 Å². The maximum Gasteiger partial charge on any atom is 0.225 e. The fraction of sp³-hybridized carbons (Fsp3) is 0.455. The number of aromatic nitrogens is 2. The molecule has 2 aromatic heterocycles. The van der Waals surface area contributed by atoms with Gasteiger partial charge in [0.05, 0.1) is 5.39 Å². The Bertz CT molecular complexity index is 890. The summed E-state index contributed by atoms with van der Waals surface area (Å²) in [6, 6.07) is 8.81. The van der Waals surface area contributed by atoms with Crippen LogP contribution in [-0.4, -0.2) is 23.1 Å². The van der Waals surface area contributed by atoms with Crippen molar-refractivity contribution in [2.24, 2.45) is 11.8 Å². The molecule has 0 radical (unpaired) electrons. The molecular formula is C22H28ClN3S. The van der Waals surface area contributed by atoms with E-state index in [1.54, 1.807) is 11.3 Å². The van der Waals surface area contributed by atoms with E-state index in [2.05, 4.69) is 79.1 Å². The molecule has 1 aromatic carbocycles. The highest BCUT2D eigenvalue weighted by atomic mass is 35.5. The Morgan fingerprint density at radius 2 is 1.63 bits per heavy atom. The zero-order valence-electron chi connectivity index (χ0n) is 16.8. The first kappa shape index (κ1) is 20.1. The molecule has 0 amide bonds. The molecule has 0 saturated heterocycles. The van der Waals surface area contributed by atoms with Gasteiger partial charge in [-0.2, -0.15) is 4.98 Å². The van der Waals surface area contributed by atoms with Crippen LogP contribution < -0.4 is 4.90 Å². The van der Waals surface area contributed by atoms with Gasteiger partial charge in [-0.15, -0.1) is 11.3 Å². The number of aryl methyl sites for hydroxylation is 1. The normalized spacial score (nSPS) is 11.7. The van der Waals surface area contributed by atoms with Crippen molar-refractivity contribution in [3.8, 4) is 11.1 Å². The summed E-state index contributed by atoms with van der Waals surface area (Å²) in [5.74, 6) is 2.04. The third-order valence-corrected chi connectivity index (χ3v) is 5.57. The molecule has 5 heteroatoms.